The van der Waals surface area contributed by atoms with Crippen LogP contribution in [0, 0.1) is 17.2 Å². The second-order valence-corrected chi connectivity index (χ2v) is 6.36. The topological polar surface area (TPSA) is 69.0 Å². The second-order valence-electron chi connectivity index (χ2n) is 6.36. The highest BCUT2D eigenvalue weighted by Gasteiger charge is 2.31. The molecule has 1 N–H and O–H groups in total. The molecule has 1 aliphatic heterocycles. The fourth-order valence-corrected chi connectivity index (χ4v) is 3.53. The minimum Gasteiger partial charge on any atom is -0.364 e. The normalized spacial score (nSPS) is 22.6. The van der Waals surface area contributed by atoms with Crippen LogP contribution in [0.2, 0.25) is 0 Å². The number of nitrogens with one attached hydrogen (secondary N) is 1. The van der Waals surface area contributed by atoms with E-state index < -0.39 is 0 Å². The second kappa shape index (κ2) is 6.78. The Balaban J connectivity index is 1.58. The van der Waals surface area contributed by atoms with Gasteiger partial charge in [-0.05, 0) is 30.9 Å². The van der Waals surface area contributed by atoms with Crippen molar-refractivity contribution in [3.8, 4) is 6.07 Å². The Morgan fingerprint density at radius 2 is 2.18 bits per heavy atom. The van der Waals surface area contributed by atoms with Gasteiger partial charge in [-0.1, -0.05) is 19.3 Å². The third-order valence-electron chi connectivity index (χ3n) is 4.69. The van der Waals surface area contributed by atoms with Gasteiger partial charge in [0.15, 0.2) is 0 Å². The van der Waals surface area contributed by atoms with E-state index in [0.717, 1.165) is 13.1 Å². The molecule has 5 nitrogen and oxygen atoms in total. The SMILES string of the molecule is N#Cc1cccnc1NC1CC(=O)N(CC2CCCCC2)C1. The number of nitriles is 1. The van der Waals surface area contributed by atoms with Crippen LogP contribution < -0.4 is 5.32 Å². The summed E-state index contributed by atoms with van der Waals surface area (Å²) >= 11 is 0. The van der Waals surface area contributed by atoms with Crippen LogP contribution >= 0.6 is 0 Å². The molecular weight excluding hydrogens is 276 g/mol. The van der Waals surface area contributed by atoms with Crippen molar-refractivity contribution in [3.05, 3.63) is 23.9 Å². The summed E-state index contributed by atoms with van der Waals surface area (Å²) in [6, 6.07) is 5.68. The van der Waals surface area contributed by atoms with Crippen LogP contribution in [-0.2, 0) is 4.79 Å². The van der Waals surface area contributed by atoms with Gasteiger partial charge in [-0.15, -0.1) is 0 Å². The number of hydrogen-bond acceptors (Lipinski definition) is 4. The monoisotopic (exact) mass is 298 g/mol. The summed E-state index contributed by atoms with van der Waals surface area (Å²) in [5.41, 5.74) is 0.528. The Kier molecular flexibility index (Phi) is 4.57. The van der Waals surface area contributed by atoms with Gasteiger partial charge >= 0.3 is 0 Å². The highest BCUT2D eigenvalue weighted by atomic mass is 16.2. The Morgan fingerprint density at radius 3 is 2.95 bits per heavy atom. The minimum atomic E-state index is 0.0538. The van der Waals surface area contributed by atoms with Crippen LogP contribution in [-0.4, -0.2) is 34.9 Å². The Bertz CT molecular complexity index is 574. The third-order valence-corrected chi connectivity index (χ3v) is 4.69. The molecule has 0 radical (unpaired) electrons. The first-order valence-electron chi connectivity index (χ1n) is 8.15. The molecule has 2 fully saturated rings. The molecule has 1 aromatic rings. The van der Waals surface area contributed by atoms with Gasteiger partial charge in [0.25, 0.3) is 0 Å². The fourth-order valence-electron chi connectivity index (χ4n) is 3.53. The van der Waals surface area contributed by atoms with E-state index in [1.54, 1.807) is 18.3 Å². The molecule has 3 rings (SSSR count). The molecule has 1 amide bonds. The van der Waals surface area contributed by atoms with E-state index in [0.29, 0.717) is 23.7 Å². The van der Waals surface area contributed by atoms with Crippen molar-refractivity contribution in [3.63, 3.8) is 0 Å². The van der Waals surface area contributed by atoms with Crippen molar-refractivity contribution >= 4 is 11.7 Å². The number of carbonyl (C=O) groups is 1. The van der Waals surface area contributed by atoms with Gasteiger partial charge < -0.3 is 10.2 Å². The van der Waals surface area contributed by atoms with E-state index in [1.807, 2.05) is 4.90 Å². The Labute approximate surface area is 131 Å². The van der Waals surface area contributed by atoms with E-state index in [-0.39, 0.29) is 11.9 Å². The Hall–Kier alpha value is -2.09. The van der Waals surface area contributed by atoms with Crippen LogP contribution in [0.4, 0.5) is 5.82 Å². The maximum atomic E-state index is 12.2. The number of hydrogen-bond donors (Lipinski definition) is 1. The summed E-state index contributed by atoms with van der Waals surface area (Å²) in [4.78, 5) is 18.4. The first-order chi connectivity index (χ1) is 10.8. The highest BCUT2D eigenvalue weighted by molar-refractivity contribution is 5.80. The van der Waals surface area contributed by atoms with Crippen molar-refractivity contribution in [2.24, 2.45) is 5.92 Å². The van der Waals surface area contributed by atoms with Gasteiger partial charge in [0.2, 0.25) is 5.91 Å². The van der Waals surface area contributed by atoms with Gasteiger partial charge in [0.05, 0.1) is 11.6 Å². The van der Waals surface area contributed by atoms with Gasteiger partial charge in [0, 0.05) is 25.7 Å². The third kappa shape index (κ3) is 3.38. The Morgan fingerprint density at radius 1 is 1.36 bits per heavy atom. The van der Waals surface area contributed by atoms with Crippen LogP contribution in [0.15, 0.2) is 18.3 Å². The lowest BCUT2D eigenvalue weighted by molar-refractivity contribution is -0.128. The summed E-state index contributed by atoms with van der Waals surface area (Å²) in [5, 5.41) is 12.4. The molecule has 2 heterocycles. The largest absolute Gasteiger partial charge is 0.364 e. The fraction of sp³-hybridized carbons (Fsp3) is 0.588. The molecule has 2 aliphatic rings. The smallest absolute Gasteiger partial charge is 0.224 e. The molecule has 22 heavy (non-hydrogen) atoms. The molecular formula is C17H22N4O. The first kappa shape index (κ1) is 14.8. The first-order valence-corrected chi connectivity index (χ1v) is 8.15. The van der Waals surface area contributed by atoms with E-state index >= 15 is 0 Å². The number of pyridine rings is 1. The molecule has 1 aromatic heterocycles. The lowest BCUT2D eigenvalue weighted by Crippen LogP contribution is -2.33. The van der Waals surface area contributed by atoms with Gasteiger partial charge in [0.1, 0.15) is 11.9 Å². The molecule has 0 bridgehead atoms. The highest BCUT2D eigenvalue weighted by Crippen LogP contribution is 2.26. The van der Waals surface area contributed by atoms with Crippen LogP contribution in [0.3, 0.4) is 0 Å². The van der Waals surface area contributed by atoms with E-state index in [1.165, 1.54) is 32.1 Å². The predicted molar refractivity (Wildman–Crippen MR) is 84.1 cm³/mol. The van der Waals surface area contributed by atoms with Gasteiger partial charge in [-0.2, -0.15) is 5.26 Å². The summed E-state index contributed by atoms with van der Waals surface area (Å²) < 4.78 is 0. The van der Waals surface area contributed by atoms with Crippen LogP contribution in [0.25, 0.3) is 0 Å². The zero-order chi connectivity index (χ0) is 15.4. The number of anilines is 1. The van der Waals surface area contributed by atoms with Gasteiger partial charge in [-0.25, -0.2) is 4.98 Å². The standard InChI is InChI=1S/C17H22N4O/c18-10-14-7-4-8-19-17(14)20-15-9-16(22)21(12-15)11-13-5-2-1-3-6-13/h4,7-8,13,15H,1-3,5-6,9,11-12H2,(H,19,20). The summed E-state index contributed by atoms with van der Waals surface area (Å²) in [5.74, 6) is 1.47. The summed E-state index contributed by atoms with van der Waals surface area (Å²) in [7, 11) is 0. The van der Waals surface area contributed by atoms with Crippen molar-refractivity contribution < 1.29 is 4.79 Å². The molecule has 1 aliphatic carbocycles. The number of likely N-dealkylation sites (tertiary alicyclic amines) is 1. The van der Waals surface area contributed by atoms with Crippen LogP contribution in [0.1, 0.15) is 44.1 Å². The van der Waals surface area contributed by atoms with E-state index in [2.05, 4.69) is 16.4 Å². The van der Waals surface area contributed by atoms with E-state index in [9.17, 15) is 4.79 Å². The molecule has 5 heteroatoms. The number of nitrogens with zero attached hydrogens (tertiary/aromatic N) is 3. The predicted octanol–water partition coefficient (Wildman–Crippen LogP) is 2.55. The molecule has 1 saturated carbocycles. The number of rotatable bonds is 4. The summed E-state index contributed by atoms with van der Waals surface area (Å²) in [6.07, 6.45) is 8.60. The molecule has 0 spiro atoms. The van der Waals surface area contributed by atoms with Crippen molar-refractivity contribution in [2.45, 2.75) is 44.6 Å². The average Bonchev–Trinajstić information content (AvgIpc) is 2.88. The molecule has 116 valence electrons. The zero-order valence-electron chi connectivity index (χ0n) is 12.8. The lowest BCUT2D eigenvalue weighted by Gasteiger charge is -2.27. The van der Waals surface area contributed by atoms with Crippen molar-refractivity contribution in [1.29, 1.82) is 5.26 Å². The maximum Gasteiger partial charge on any atom is 0.224 e. The lowest BCUT2D eigenvalue weighted by atomic mass is 9.89. The molecule has 1 saturated heterocycles. The summed E-state index contributed by atoms with van der Waals surface area (Å²) in [6.45, 7) is 1.61. The van der Waals surface area contributed by atoms with Crippen molar-refractivity contribution in [2.75, 3.05) is 18.4 Å². The number of amides is 1. The van der Waals surface area contributed by atoms with Crippen LogP contribution in [0.5, 0.6) is 0 Å². The average molecular weight is 298 g/mol. The van der Waals surface area contributed by atoms with Gasteiger partial charge in [-0.3, -0.25) is 4.79 Å². The minimum absolute atomic E-state index is 0.0538. The van der Waals surface area contributed by atoms with Crippen molar-refractivity contribution in [1.82, 2.24) is 9.88 Å². The molecule has 0 aromatic carbocycles. The molecule has 1 atom stereocenters. The number of aromatic nitrogens is 1. The zero-order valence-corrected chi connectivity index (χ0v) is 12.8. The van der Waals surface area contributed by atoms with E-state index in [4.69, 9.17) is 5.26 Å². The maximum absolute atomic E-state index is 12.2. The molecule has 1 unspecified atom stereocenters. The quantitative estimate of drug-likeness (QED) is 0.927. The number of carbonyl (C=O) groups excluding carboxylic acids is 1.